The standard InChI is InChI=1S/C16H22/c1-4-7-14(2)8-5-6-9-16-12-10-15(3)11-13-16/h5,7-8,10-13H,4,6,9H2,1-3H3/b8-5-,14-7-. The second-order valence-corrected chi connectivity index (χ2v) is 4.28. The van der Waals surface area contributed by atoms with Crippen molar-refractivity contribution in [1.29, 1.82) is 0 Å². The lowest BCUT2D eigenvalue weighted by Crippen LogP contribution is -1.83. The van der Waals surface area contributed by atoms with E-state index in [0.29, 0.717) is 0 Å². The molecule has 1 aromatic rings. The fraction of sp³-hybridized carbons (Fsp3) is 0.375. The molecule has 0 fully saturated rings. The first kappa shape index (κ1) is 12.8. The van der Waals surface area contributed by atoms with E-state index < -0.39 is 0 Å². The highest BCUT2D eigenvalue weighted by Crippen LogP contribution is 2.07. The summed E-state index contributed by atoms with van der Waals surface area (Å²) in [4.78, 5) is 0. The van der Waals surface area contributed by atoms with Gasteiger partial charge in [-0.05, 0) is 38.7 Å². The lowest BCUT2D eigenvalue weighted by Gasteiger charge is -1.99. The van der Waals surface area contributed by atoms with Gasteiger partial charge in [-0.15, -0.1) is 0 Å². The molecule has 0 saturated heterocycles. The molecule has 0 spiro atoms. The molecule has 0 atom stereocenters. The van der Waals surface area contributed by atoms with Crippen molar-refractivity contribution < 1.29 is 0 Å². The summed E-state index contributed by atoms with van der Waals surface area (Å²) in [5, 5.41) is 0. The quantitative estimate of drug-likeness (QED) is 0.615. The zero-order valence-electron chi connectivity index (χ0n) is 10.7. The van der Waals surface area contributed by atoms with Gasteiger partial charge in [-0.2, -0.15) is 0 Å². The molecule has 0 amide bonds. The van der Waals surface area contributed by atoms with E-state index in [1.54, 1.807) is 0 Å². The second kappa shape index (κ2) is 7.05. The molecular formula is C16H22. The second-order valence-electron chi connectivity index (χ2n) is 4.28. The summed E-state index contributed by atoms with van der Waals surface area (Å²) in [7, 11) is 0. The van der Waals surface area contributed by atoms with Gasteiger partial charge in [0.2, 0.25) is 0 Å². The smallest absolute Gasteiger partial charge is 0.0244 e. The van der Waals surface area contributed by atoms with Crippen LogP contribution in [0.5, 0.6) is 0 Å². The van der Waals surface area contributed by atoms with Gasteiger partial charge < -0.3 is 0 Å². The van der Waals surface area contributed by atoms with E-state index in [0.717, 1.165) is 19.3 Å². The topological polar surface area (TPSA) is 0 Å². The third kappa shape index (κ3) is 4.97. The van der Waals surface area contributed by atoms with Crippen molar-refractivity contribution in [1.82, 2.24) is 0 Å². The minimum Gasteiger partial charge on any atom is -0.0840 e. The fourth-order valence-corrected chi connectivity index (χ4v) is 1.66. The van der Waals surface area contributed by atoms with Crippen LogP contribution in [-0.2, 0) is 6.42 Å². The van der Waals surface area contributed by atoms with E-state index in [9.17, 15) is 0 Å². The maximum absolute atomic E-state index is 2.27. The summed E-state index contributed by atoms with van der Waals surface area (Å²) in [6, 6.07) is 8.80. The fourth-order valence-electron chi connectivity index (χ4n) is 1.66. The van der Waals surface area contributed by atoms with Crippen molar-refractivity contribution in [2.75, 3.05) is 0 Å². The average molecular weight is 214 g/mol. The van der Waals surface area contributed by atoms with Gasteiger partial charge in [-0.1, -0.05) is 60.6 Å². The van der Waals surface area contributed by atoms with E-state index in [4.69, 9.17) is 0 Å². The van der Waals surface area contributed by atoms with Gasteiger partial charge in [0, 0.05) is 0 Å². The maximum Gasteiger partial charge on any atom is -0.0244 e. The Hall–Kier alpha value is -1.30. The Morgan fingerprint density at radius 2 is 1.88 bits per heavy atom. The first-order valence-corrected chi connectivity index (χ1v) is 6.11. The SMILES string of the molecule is CC/C=C(C)\C=C/CCc1ccc(C)cc1. The number of aryl methyl sites for hydroxylation is 2. The highest BCUT2D eigenvalue weighted by Gasteiger charge is 1.90. The zero-order chi connectivity index (χ0) is 11.8. The van der Waals surface area contributed by atoms with Crippen LogP contribution in [0.2, 0.25) is 0 Å². The molecule has 0 nitrogen and oxygen atoms in total. The molecule has 0 saturated carbocycles. The Labute approximate surface area is 99.7 Å². The minimum absolute atomic E-state index is 1.12. The van der Waals surface area contributed by atoms with Gasteiger partial charge in [-0.25, -0.2) is 0 Å². The summed E-state index contributed by atoms with van der Waals surface area (Å²) in [6.45, 7) is 6.46. The molecule has 0 aliphatic carbocycles. The summed E-state index contributed by atoms with van der Waals surface area (Å²) < 4.78 is 0. The number of hydrogen-bond donors (Lipinski definition) is 0. The molecule has 0 N–H and O–H groups in total. The predicted molar refractivity (Wildman–Crippen MR) is 72.7 cm³/mol. The highest BCUT2D eigenvalue weighted by atomic mass is 14.0. The summed E-state index contributed by atoms with van der Waals surface area (Å²) >= 11 is 0. The zero-order valence-corrected chi connectivity index (χ0v) is 10.7. The molecule has 86 valence electrons. The Morgan fingerprint density at radius 1 is 1.19 bits per heavy atom. The van der Waals surface area contributed by atoms with Gasteiger partial charge in [0.1, 0.15) is 0 Å². The lowest BCUT2D eigenvalue weighted by molar-refractivity contribution is 0.998. The van der Waals surface area contributed by atoms with Crippen LogP contribution >= 0.6 is 0 Å². The number of hydrogen-bond acceptors (Lipinski definition) is 0. The Bertz CT molecular complexity index is 352. The average Bonchev–Trinajstić information content (AvgIpc) is 2.27. The van der Waals surface area contributed by atoms with E-state index in [-0.39, 0.29) is 0 Å². The van der Waals surface area contributed by atoms with Crippen molar-refractivity contribution >= 4 is 0 Å². The van der Waals surface area contributed by atoms with Crippen LogP contribution in [0.1, 0.15) is 37.8 Å². The molecule has 1 aromatic carbocycles. The van der Waals surface area contributed by atoms with Gasteiger partial charge in [0.15, 0.2) is 0 Å². The Morgan fingerprint density at radius 3 is 2.50 bits per heavy atom. The Kier molecular flexibility index (Phi) is 5.63. The minimum atomic E-state index is 1.12. The molecule has 0 heteroatoms. The normalized spacial score (nSPS) is 12.3. The monoisotopic (exact) mass is 214 g/mol. The summed E-state index contributed by atoms with van der Waals surface area (Å²) in [5.74, 6) is 0. The van der Waals surface area contributed by atoms with Crippen LogP contribution in [0.15, 0.2) is 48.1 Å². The molecule has 0 radical (unpaired) electrons. The van der Waals surface area contributed by atoms with Crippen LogP contribution < -0.4 is 0 Å². The molecule has 1 rings (SSSR count). The van der Waals surface area contributed by atoms with E-state index >= 15 is 0 Å². The molecule has 0 heterocycles. The molecular weight excluding hydrogens is 192 g/mol. The van der Waals surface area contributed by atoms with Gasteiger partial charge in [-0.3, -0.25) is 0 Å². The summed E-state index contributed by atoms with van der Waals surface area (Å²) in [5.41, 5.74) is 4.12. The first-order valence-electron chi connectivity index (χ1n) is 6.11. The third-order valence-corrected chi connectivity index (χ3v) is 2.63. The van der Waals surface area contributed by atoms with Crippen LogP contribution in [0.3, 0.4) is 0 Å². The van der Waals surface area contributed by atoms with Crippen molar-refractivity contribution in [3.05, 3.63) is 59.2 Å². The van der Waals surface area contributed by atoms with Crippen LogP contribution in [0.4, 0.5) is 0 Å². The third-order valence-electron chi connectivity index (χ3n) is 2.63. The largest absolute Gasteiger partial charge is 0.0840 e. The molecule has 0 aliphatic heterocycles. The summed E-state index contributed by atoms with van der Waals surface area (Å²) in [6.07, 6.45) is 10.1. The molecule has 0 bridgehead atoms. The predicted octanol–water partition coefficient (Wildman–Crippen LogP) is 4.84. The van der Waals surface area contributed by atoms with Gasteiger partial charge in [0.25, 0.3) is 0 Å². The number of rotatable bonds is 5. The first-order chi connectivity index (χ1) is 7.72. The van der Waals surface area contributed by atoms with E-state index in [2.05, 4.69) is 63.3 Å². The van der Waals surface area contributed by atoms with Crippen molar-refractivity contribution in [2.24, 2.45) is 0 Å². The van der Waals surface area contributed by atoms with E-state index in [1.807, 2.05) is 0 Å². The van der Waals surface area contributed by atoms with Crippen molar-refractivity contribution in [3.63, 3.8) is 0 Å². The molecule has 16 heavy (non-hydrogen) atoms. The lowest BCUT2D eigenvalue weighted by atomic mass is 10.1. The molecule has 0 unspecified atom stereocenters. The Balaban J connectivity index is 2.36. The number of benzene rings is 1. The van der Waals surface area contributed by atoms with E-state index in [1.165, 1.54) is 16.7 Å². The molecule has 0 aromatic heterocycles. The van der Waals surface area contributed by atoms with Gasteiger partial charge >= 0.3 is 0 Å². The van der Waals surface area contributed by atoms with Crippen LogP contribution in [0, 0.1) is 6.92 Å². The van der Waals surface area contributed by atoms with Gasteiger partial charge in [0.05, 0.1) is 0 Å². The maximum atomic E-state index is 2.27. The number of allylic oxidation sites excluding steroid dienone is 4. The molecule has 0 aliphatic rings. The van der Waals surface area contributed by atoms with Crippen LogP contribution in [-0.4, -0.2) is 0 Å². The van der Waals surface area contributed by atoms with Crippen molar-refractivity contribution in [2.45, 2.75) is 40.0 Å². The highest BCUT2D eigenvalue weighted by molar-refractivity contribution is 5.22. The van der Waals surface area contributed by atoms with Crippen LogP contribution in [0.25, 0.3) is 0 Å². The van der Waals surface area contributed by atoms with Crippen molar-refractivity contribution in [3.8, 4) is 0 Å².